The van der Waals surface area contributed by atoms with Gasteiger partial charge in [0.1, 0.15) is 0 Å². The van der Waals surface area contributed by atoms with Crippen LogP contribution in [0, 0.1) is 0 Å². The number of amides is 1. The molecule has 6 nitrogen and oxygen atoms in total. The Labute approximate surface area is 198 Å². The van der Waals surface area contributed by atoms with E-state index in [9.17, 15) is 4.79 Å². The van der Waals surface area contributed by atoms with Crippen molar-refractivity contribution in [3.8, 4) is 0 Å². The van der Waals surface area contributed by atoms with Gasteiger partial charge < -0.3 is 10.5 Å². The first kappa shape index (κ1) is 21.9. The molecule has 1 aromatic heterocycles. The molecule has 2 aliphatic rings. The Morgan fingerprint density at radius 1 is 1.12 bits per heavy atom. The van der Waals surface area contributed by atoms with E-state index in [-0.39, 0.29) is 24.3 Å². The van der Waals surface area contributed by atoms with Gasteiger partial charge in [0, 0.05) is 35.9 Å². The number of aromatic nitrogens is 1. The average Bonchev–Trinajstić information content (AvgIpc) is 2.81. The van der Waals surface area contributed by atoms with Crippen molar-refractivity contribution in [3.63, 3.8) is 0 Å². The number of carbonyl (C=O) groups excluding carboxylic acids is 1. The van der Waals surface area contributed by atoms with Gasteiger partial charge in [0.25, 0.3) is 0 Å². The molecular weight excluding hydrogens is 436 g/mol. The van der Waals surface area contributed by atoms with Gasteiger partial charge >= 0.3 is 0 Å². The number of nitrogens with zero attached hydrogens (tertiary/aromatic N) is 3. The Kier molecular flexibility index (Phi) is 5.81. The summed E-state index contributed by atoms with van der Waals surface area (Å²) < 4.78 is 5.44. The Hall–Kier alpha value is -2.96. The normalized spacial score (nSPS) is 21.9. The molecule has 7 heteroatoms. The summed E-state index contributed by atoms with van der Waals surface area (Å²) in [6, 6.07) is 16.1. The lowest BCUT2D eigenvalue weighted by molar-refractivity contribution is -0.132. The first-order valence-electron chi connectivity index (χ1n) is 11.3. The average molecular weight is 463 g/mol. The summed E-state index contributed by atoms with van der Waals surface area (Å²) in [5, 5.41) is 1.74. The molecule has 3 heterocycles. The monoisotopic (exact) mass is 462 g/mol. The minimum Gasteiger partial charge on any atom is -0.381 e. The highest BCUT2D eigenvalue weighted by molar-refractivity contribution is 6.32. The van der Waals surface area contributed by atoms with Crippen LogP contribution in [0.1, 0.15) is 42.9 Å². The van der Waals surface area contributed by atoms with Gasteiger partial charge in [0.05, 0.1) is 17.5 Å². The number of guanidine groups is 1. The van der Waals surface area contributed by atoms with Crippen LogP contribution in [0.4, 0.5) is 0 Å². The summed E-state index contributed by atoms with van der Waals surface area (Å²) in [5.41, 5.74) is 9.46. The molecule has 0 spiro atoms. The number of carbonyl (C=O) groups is 1. The summed E-state index contributed by atoms with van der Waals surface area (Å²) in [5.74, 6) is 0.251. The van der Waals surface area contributed by atoms with Crippen LogP contribution in [0.2, 0.25) is 5.02 Å². The fraction of sp³-hybridized carbons (Fsp3) is 0.346. The zero-order chi connectivity index (χ0) is 23.0. The lowest BCUT2D eigenvalue weighted by Gasteiger charge is -2.40. The van der Waals surface area contributed by atoms with Crippen LogP contribution < -0.4 is 5.73 Å². The first-order valence-corrected chi connectivity index (χ1v) is 11.7. The Balaban J connectivity index is 1.48. The van der Waals surface area contributed by atoms with Gasteiger partial charge in [-0.05, 0) is 55.0 Å². The number of fused-ring (bicyclic) bond motifs is 1. The van der Waals surface area contributed by atoms with Crippen LogP contribution in [0.15, 0.2) is 59.7 Å². The largest absolute Gasteiger partial charge is 0.381 e. The molecule has 0 saturated carbocycles. The third-order valence-electron chi connectivity index (χ3n) is 6.70. The van der Waals surface area contributed by atoms with Crippen molar-refractivity contribution in [1.29, 1.82) is 0 Å². The number of hydrogen-bond acceptors (Lipinski definition) is 5. The summed E-state index contributed by atoms with van der Waals surface area (Å²) in [6.07, 6.45) is 4.23. The second-order valence-electron chi connectivity index (χ2n) is 8.97. The molecule has 1 fully saturated rings. The van der Waals surface area contributed by atoms with E-state index in [1.54, 1.807) is 11.1 Å². The number of hydrogen-bond donors (Lipinski definition) is 1. The van der Waals surface area contributed by atoms with E-state index in [0.717, 1.165) is 40.4 Å². The van der Waals surface area contributed by atoms with Crippen LogP contribution in [0.25, 0.3) is 10.9 Å². The van der Waals surface area contributed by atoms with Gasteiger partial charge in [0.2, 0.25) is 5.91 Å². The van der Waals surface area contributed by atoms with Crippen molar-refractivity contribution in [2.45, 2.75) is 44.2 Å². The number of pyridine rings is 1. The van der Waals surface area contributed by atoms with Crippen molar-refractivity contribution in [1.82, 2.24) is 9.88 Å². The maximum atomic E-state index is 13.2. The van der Waals surface area contributed by atoms with E-state index < -0.39 is 5.54 Å². The Bertz CT molecular complexity index is 1230. The first-order chi connectivity index (χ1) is 16.0. The molecule has 0 radical (unpaired) electrons. The molecule has 1 atom stereocenters. The Morgan fingerprint density at radius 3 is 2.67 bits per heavy atom. The van der Waals surface area contributed by atoms with Gasteiger partial charge in [-0.2, -0.15) is 0 Å². The van der Waals surface area contributed by atoms with E-state index in [0.29, 0.717) is 24.7 Å². The molecule has 0 bridgehead atoms. The molecule has 2 aliphatic heterocycles. The number of aliphatic imine (C=N–C) groups is 1. The quantitative estimate of drug-likeness (QED) is 0.622. The highest BCUT2D eigenvalue weighted by atomic mass is 35.5. The van der Waals surface area contributed by atoms with Crippen LogP contribution in [0.3, 0.4) is 0 Å². The van der Waals surface area contributed by atoms with Gasteiger partial charge in [-0.1, -0.05) is 48.0 Å². The standard InChI is InChI=1S/C26H27ClN4O2/c1-26(16-23(32)31(25(28)30-26)19-10-13-33-14-11-19)21-8-2-6-18(24(21)27)15-17-5-3-9-22-20(17)7-4-12-29-22/h2-9,12,19H,10-11,13-16H2,1H3,(H2,28,30)/t26-/m0/s1. The van der Waals surface area contributed by atoms with Gasteiger partial charge in [-0.15, -0.1) is 0 Å². The van der Waals surface area contributed by atoms with Crippen molar-refractivity contribution in [2.24, 2.45) is 10.7 Å². The van der Waals surface area contributed by atoms with Crippen molar-refractivity contribution >= 4 is 34.4 Å². The van der Waals surface area contributed by atoms with E-state index >= 15 is 0 Å². The molecule has 2 aromatic carbocycles. The molecule has 1 saturated heterocycles. The third-order valence-corrected chi connectivity index (χ3v) is 7.15. The SMILES string of the molecule is C[C@@]1(c2cccc(Cc3cccc4ncccc34)c2Cl)CC(=O)N(C2CCOCC2)C(N)=N1. The summed E-state index contributed by atoms with van der Waals surface area (Å²) in [7, 11) is 0. The van der Waals surface area contributed by atoms with E-state index in [1.165, 1.54) is 0 Å². The van der Waals surface area contributed by atoms with Gasteiger partial charge in [-0.3, -0.25) is 14.7 Å². The minimum atomic E-state index is -0.809. The molecule has 0 aliphatic carbocycles. The highest BCUT2D eigenvalue weighted by Gasteiger charge is 2.41. The summed E-state index contributed by atoms with van der Waals surface area (Å²) in [6.45, 7) is 3.21. The van der Waals surface area contributed by atoms with Crippen LogP contribution >= 0.6 is 11.6 Å². The number of rotatable bonds is 4. The summed E-state index contributed by atoms with van der Waals surface area (Å²) in [4.78, 5) is 24.1. The van der Waals surface area contributed by atoms with Crippen LogP contribution in [0.5, 0.6) is 0 Å². The van der Waals surface area contributed by atoms with E-state index in [1.807, 2.05) is 43.3 Å². The van der Waals surface area contributed by atoms with Gasteiger partial charge in [0.15, 0.2) is 5.96 Å². The van der Waals surface area contributed by atoms with Gasteiger partial charge in [-0.25, -0.2) is 4.99 Å². The van der Waals surface area contributed by atoms with Crippen LogP contribution in [-0.2, 0) is 21.5 Å². The molecule has 0 unspecified atom stereocenters. The maximum absolute atomic E-state index is 13.2. The smallest absolute Gasteiger partial charge is 0.232 e. The molecule has 33 heavy (non-hydrogen) atoms. The zero-order valence-corrected chi connectivity index (χ0v) is 19.4. The van der Waals surface area contributed by atoms with Crippen molar-refractivity contribution in [2.75, 3.05) is 13.2 Å². The fourth-order valence-electron chi connectivity index (χ4n) is 5.00. The Morgan fingerprint density at radius 2 is 1.88 bits per heavy atom. The van der Waals surface area contributed by atoms with E-state index in [4.69, 9.17) is 27.1 Å². The minimum absolute atomic E-state index is 0.0153. The maximum Gasteiger partial charge on any atom is 0.232 e. The van der Waals surface area contributed by atoms with Crippen LogP contribution in [-0.4, -0.2) is 41.0 Å². The number of halogens is 1. The molecule has 1 amide bonds. The highest BCUT2D eigenvalue weighted by Crippen LogP contribution is 2.40. The predicted octanol–water partition coefficient (Wildman–Crippen LogP) is 4.42. The van der Waals surface area contributed by atoms with Crippen molar-refractivity contribution < 1.29 is 9.53 Å². The number of ether oxygens (including phenoxy) is 1. The molecule has 3 aromatic rings. The lowest BCUT2D eigenvalue weighted by Crippen LogP contribution is -2.55. The lowest BCUT2D eigenvalue weighted by atomic mass is 9.85. The molecule has 2 N–H and O–H groups in total. The zero-order valence-electron chi connectivity index (χ0n) is 18.6. The molecule has 170 valence electrons. The second kappa shape index (κ2) is 8.76. The second-order valence-corrected chi connectivity index (χ2v) is 9.35. The molecule has 5 rings (SSSR count). The van der Waals surface area contributed by atoms with E-state index in [2.05, 4.69) is 17.1 Å². The fourth-order valence-corrected chi connectivity index (χ4v) is 5.40. The number of benzene rings is 2. The molecular formula is C26H27ClN4O2. The van der Waals surface area contributed by atoms with Crippen molar-refractivity contribution in [3.05, 3.63) is 76.4 Å². The summed E-state index contributed by atoms with van der Waals surface area (Å²) >= 11 is 6.95. The predicted molar refractivity (Wildman–Crippen MR) is 130 cm³/mol. The number of nitrogens with two attached hydrogens (primary N) is 1. The topological polar surface area (TPSA) is 80.8 Å². The third kappa shape index (κ3) is 4.09.